The second-order valence-corrected chi connectivity index (χ2v) is 4.65. The molecular formula is C12H16BrNO. The third-order valence-electron chi connectivity index (χ3n) is 2.41. The summed E-state index contributed by atoms with van der Waals surface area (Å²) in [6.07, 6.45) is 1.08. The van der Waals surface area contributed by atoms with Crippen molar-refractivity contribution in [3.8, 4) is 0 Å². The quantitative estimate of drug-likeness (QED) is 0.894. The molecule has 1 aromatic carbocycles. The minimum absolute atomic E-state index is 0.00259. The molecule has 1 amide bonds. The predicted octanol–water partition coefficient (Wildman–Crippen LogP) is 3.23. The van der Waals surface area contributed by atoms with Crippen molar-refractivity contribution in [1.29, 1.82) is 0 Å². The molecule has 0 saturated carbocycles. The first-order valence-corrected chi connectivity index (χ1v) is 5.96. The average molecular weight is 270 g/mol. The van der Waals surface area contributed by atoms with Crippen LogP contribution >= 0.6 is 15.9 Å². The molecule has 0 aliphatic rings. The lowest BCUT2D eigenvalue weighted by molar-refractivity contribution is 0.0948. The molecule has 82 valence electrons. The number of carbonyl (C=O) groups is 1. The molecule has 0 heterocycles. The highest BCUT2D eigenvalue weighted by atomic mass is 79.9. The second-order valence-electron chi connectivity index (χ2n) is 3.73. The zero-order valence-electron chi connectivity index (χ0n) is 9.09. The summed E-state index contributed by atoms with van der Waals surface area (Å²) in [5, 5.41) is 2.91. The number of hydrogen-bond acceptors (Lipinski definition) is 1. The topological polar surface area (TPSA) is 29.1 Å². The molecule has 0 aromatic heterocycles. The van der Waals surface area contributed by atoms with E-state index >= 15 is 0 Å². The Labute approximate surface area is 99.2 Å². The van der Waals surface area contributed by atoms with E-state index < -0.39 is 0 Å². The summed E-state index contributed by atoms with van der Waals surface area (Å²) in [5.74, 6) is 0.534. The van der Waals surface area contributed by atoms with Gasteiger partial charge in [-0.25, -0.2) is 0 Å². The molecule has 0 saturated heterocycles. The van der Waals surface area contributed by atoms with Gasteiger partial charge in [-0.3, -0.25) is 4.79 Å². The van der Waals surface area contributed by atoms with Gasteiger partial charge in [0, 0.05) is 16.6 Å². The van der Waals surface area contributed by atoms with E-state index in [0.29, 0.717) is 11.5 Å². The van der Waals surface area contributed by atoms with E-state index in [0.717, 1.165) is 17.4 Å². The van der Waals surface area contributed by atoms with E-state index in [4.69, 9.17) is 0 Å². The van der Waals surface area contributed by atoms with Gasteiger partial charge in [0.25, 0.3) is 5.91 Å². The summed E-state index contributed by atoms with van der Waals surface area (Å²) in [7, 11) is 0. The summed E-state index contributed by atoms with van der Waals surface area (Å²) in [5.41, 5.74) is 0.710. The lowest BCUT2D eigenvalue weighted by Gasteiger charge is -2.09. The molecular weight excluding hydrogens is 254 g/mol. The molecule has 0 aliphatic heterocycles. The summed E-state index contributed by atoms with van der Waals surface area (Å²) >= 11 is 3.34. The molecule has 0 aliphatic carbocycles. The standard InChI is InChI=1S/C12H16BrNO/c1-3-9(2)8-14-12(15)10-4-6-11(13)7-5-10/h4-7,9H,3,8H2,1-2H3,(H,14,15). The van der Waals surface area contributed by atoms with Crippen molar-refractivity contribution < 1.29 is 4.79 Å². The molecule has 3 heteroatoms. The molecule has 0 radical (unpaired) electrons. The van der Waals surface area contributed by atoms with Crippen LogP contribution < -0.4 is 5.32 Å². The molecule has 1 rings (SSSR count). The number of carbonyl (C=O) groups excluding carboxylic acids is 1. The van der Waals surface area contributed by atoms with Crippen LogP contribution in [0.25, 0.3) is 0 Å². The van der Waals surface area contributed by atoms with Crippen LogP contribution in [0.15, 0.2) is 28.7 Å². The largest absolute Gasteiger partial charge is 0.352 e. The first-order valence-electron chi connectivity index (χ1n) is 5.17. The average Bonchev–Trinajstić information content (AvgIpc) is 2.26. The highest BCUT2D eigenvalue weighted by Gasteiger charge is 2.06. The van der Waals surface area contributed by atoms with Crippen molar-refractivity contribution in [3.05, 3.63) is 34.3 Å². The van der Waals surface area contributed by atoms with Gasteiger partial charge in [-0.2, -0.15) is 0 Å². The summed E-state index contributed by atoms with van der Waals surface area (Å²) in [6, 6.07) is 7.38. The van der Waals surface area contributed by atoms with Crippen LogP contribution in [0.4, 0.5) is 0 Å². The van der Waals surface area contributed by atoms with Gasteiger partial charge in [0.15, 0.2) is 0 Å². The maximum absolute atomic E-state index is 11.6. The van der Waals surface area contributed by atoms with E-state index in [1.54, 1.807) is 0 Å². The molecule has 15 heavy (non-hydrogen) atoms. The van der Waals surface area contributed by atoms with Gasteiger partial charge in [-0.15, -0.1) is 0 Å². The molecule has 0 fully saturated rings. The first kappa shape index (κ1) is 12.2. The SMILES string of the molecule is CCC(C)CNC(=O)c1ccc(Br)cc1. The fourth-order valence-corrected chi connectivity index (χ4v) is 1.38. The van der Waals surface area contributed by atoms with E-state index in [2.05, 4.69) is 35.1 Å². The first-order chi connectivity index (χ1) is 7.13. The van der Waals surface area contributed by atoms with Gasteiger partial charge in [0.2, 0.25) is 0 Å². The zero-order valence-corrected chi connectivity index (χ0v) is 10.7. The Morgan fingerprint density at radius 1 is 1.40 bits per heavy atom. The van der Waals surface area contributed by atoms with Crippen molar-refractivity contribution in [2.75, 3.05) is 6.54 Å². The van der Waals surface area contributed by atoms with Crippen molar-refractivity contribution in [2.24, 2.45) is 5.92 Å². The second kappa shape index (κ2) is 5.91. The van der Waals surface area contributed by atoms with Crippen molar-refractivity contribution in [3.63, 3.8) is 0 Å². The van der Waals surface area contributed by atoms with Crippen LogP contribution in [-0.4, -0.2) is 12.5 Å². The molecule has 1 atom stereocenters. The smallest absolute Gasteiger partial charge is 0.251 e. The van der Waals surface area contributed by atoms with E-state index in [1.165, 1.54) is 0 Å². The Balaban J connectivity index is 2.50. The third kappa shape index (κ3) is 4.04. The Kier molecular flexibility index (Phi) is 4.82. The molecule has 0 bridgehead atoms. The lowest BCUT2D eigenvalue weighted by Crippen LogP contribution is -2.27. The third-order valence-corrected chi connectivity index (χ3v) is 2.94. The molecule has 1 unspecified atom stereocenters. The van der Waals surface area contributed by atoms with Crippen LogP contribution in [-0.2, 0) is 0 Å². The fraction of sp³-hybridized carbons (Fsp3) is 0.417. The van der Waals surface area contributed by atoms with Gasteiger partial charge < -0.3 is 5.32 Å². The number of benzene rings is 1. The number of rotatable bonds is 4. The fourth-order valence-electron chi connectivity index (χ4n) is 1.11. The van der Waals surface area contributed by atoms with Crippen molar-refractivity contribution >= 4 is 21.8 Å². The molecule has 2 nitrogen and oxygen atoms in total. The lowest BCUT2D eigenvalue weighted by atomic mass is 10.1. The van der Waals surface area contributed by atoms with Crippen LogP contribution in [0.2, 0.25) is 0 Å². The van der Waals surface area contributed by atoms with Crippen molar-refractivity contribution in [1.82, 2.24) is 5.32 Å². The number of amides is 1. The van der Waals surface area contributed by atoms with E-state index in [-0.39, 0.29) is 5.91 Å². The van der Waals surface area contributed by atoms with Crippen LogP contribution in [0, 0.1) is 5.92 Å². The van der Waals surface area contributed by atoms with Gasteiger partial charge in [-0.05, 0) is 30.2 Å². The minimum Gasteiger partial charge on any atom is -0.352 e. The molecule has 0 spiro atoms. The summed E-state index contributed by atoms with van der Waals surface area (Å²) in [6.45, 7) is 4.99. The van der Waals surface area contributed by atoms with E-state index in [9.17, 15) is 4.79 Å². The maximum atomic E-state index is 11.6. The van der Waals surface area contributed by atoms with Crippen LogP contribution in [0.3, 0.4) is 0 Å². The molecule has 1 N–H and O–H groups in total. The van der Waals surface area contributed by atoms with Crippen molar-refractivity contribution in [2.45, 2.75) is 20.3 Å². The highest BCUT2D eigenvalue weighted by Crippen LogP contribution is 2.10. The monoisotopic (exact) mass is 269 g/mol. The maximum Gasteiger partial charge on any atom is 0.251 e. The Morgan fingerprint density at radius 3 is 2.53 bits per heavy atom. The van der Waals surface area contributed by atoms with Gasteiger partial charge >= 0.3 is 0 Å². The van der Waals surface area contributed by atoms with E-state index in [1.807, 2.05) is 24.3 Å². The Hall–Kier alpha value is -0.830. The van der Waals surface area contributed by atoms with Crippen LogP contribution in [0.5, 0.6) is 0 Å². The number of nitrogens with one attached hydrogen (secondary N) is 1. The summed E-state index contributed by atoms with van der Waals surface area (Å²) in [4.78, 5) is 11.6. The molecule has 1 aromatic rings. The van der Waals surface area contributed by atoms with Crippen LogP contribution in [0.1, 0.15) is 30.6 Å². The highest BCUT2D eigenvalue weighted by molar-refractivity contribution is 9.10. The van der Waals surface area contributed by atoms with Gasteiger partial charge in [0.05, 0.1) is 0 Å². The predicted molar refractivity (Wildman–Crippen MR) is 65.9 cm³/mol. The number of hydrogen-bond donors (Lipinski definition) is 1. The summed E-state index contributed by atoms with van der Waals surface area (Å²) < 4.78 is 0.987. The van der Waals surface area contributed by atoms with Gasteiger partial charge in [-0.1, -0.05) is 36.2 Å². The van der Waals surface area contributed by atoms with Gasteiger partial charge in [0.1, 0.15) is 0 Å². The zero-order chi connectivity index (χ0) is 11.3. The Morgan fingerprint density at radius 2 is 2.00 bits per heavy atom. The number of halogens is 1. The minimum atomic E-state index is 0.00259. The Bertz CT molecular complexity index is 321. The normalized spacial score (nSPS) is 12.2.